The Labute approximate surface area is 108 Å². The molecule has 3 nitrogen and oxygen atoms in total. The van der Waals surface area contributed by atoms with E-state index in [2.05, 4.69) is 36.2 Å². The van der Waals surface area contributed by atoms with E-state index in [0.29, 0.717) is 6.61 Å². The molecule has 1 aromatic carbocycles. The zero-order chi connectivity index (χ0) is 13.0. The molecule has 0 bridgehead atoms. The Morgan fingerprint density at radius 2 is 1.78 bits per heavy atom. The van der Waals surface area contributed by atoms with E-state index in [4.69, 9.17) is 4.74 Å². The minimum atomic E-state index is 0.573. The minimum Gasteiger partial charge on any atom is -0.487 e. The average molecular weight is 242 g/mol. The number of nitrogens with zero attached hydrogens (tertiary/aromatic N) is 2. The van der Waals surface area contributed by atoms with Crippen molar-refractivity contribution in [2.75, 3.05) is 19.0 Å². The van der Waals surface area contributed by atoms with Crippen molar-refractivity contribution in [1.29, 1.82) is 0 Å². The molecule has 0 aliphatic heterocycles. The van der Waals surface area contributed by atoms with Gasteiger partial charge in [-0.25, -0.2) is 4.98 Å². The second-order valence-electron chi connectivity index (χ2n) is 4.52. The first-order valence-electron chi connectivity index (χ1n) is 5.97. The second-order valence-corrected chi connectivity index (χ2v) is 4.52. The van der Waals surface area contributed by atoms with E-state index >= 15 is 0 Å². The summed E-state index contributed by atoms with van der Waals surface area (Å²) in [4.78, 5) is 6.27. The molecule has 0 amide bonds. The van der Waals surface area contributed by atoms with E-state index in [1.54, 1.807) is 6.20 Å². The lowest BCUT2D eigenvalue weighted by Crippen LogP contribution is -2.10. The Morgan fingerprint density at radius 3 is 2.33 bits per heavy atom. The van der Waals surface area contributed by atoms with Gasteiger partial charge in [-0.05, 0) is 24.6 Å². The van der Waals surface area contributed by atoms with Gasteiger partial charge in [-0.15, -0.1) is 0 Å². The van der Waals surface area contributed by atoms with Crippen LogP contribution in [0.25, 0.3) is 0 Å². The van der Waals surface area contributed by atoms with Crippen molar-refractivity contribution < 1.29 is 4.74 Å². The van der Waals surface area contributed by atoms with Gasteiger partial charge in [0.05, 0.1) is 6.20 Å². The molecule has 0 spiro atoms. The molecule has 1 heterocycles. The molecular weight excluding hydrogens is 224 g/mol. The highest BCUT2D eigenvalue weighted by molar-refractivity contribution is 5.38. The summed E-state index contributed by atoms with van der Waals surface area (Å²) in [5.74, 6) is 1.72. The van der Waals surface area contributed by atoms with Crippen LogP contribution in [0.5, 0.6) is 5.75 Å². The predicted molar refractivity (Wildman–Crippen MR) is 74.1 cm³/mol. The molecule has 0 atom stereocenters. The average Bonchev–Trinajstić information content (AvgIpc) is 2.38. The number of aromatic nitrogens is 1. The van der Waals surface area contributed by atoms with Gasteiger partial charge in [0.1, 0.15) is 18.2 Å². The number of hydrogen-bond acceptors (Lipinski definition) is 3. The van der Waals surface area contributed by atoms with Crippen LogP contribution in [0, 0.1) is 6.92 Å². The van der Waals surface area contributed by atoms with Gasteiger partial charge in [0, 0.05) is 14.1 Å². The Morgan fingerprint density at radius 1 is 1.06 bits per heavy atom. The van der Waals surface area contributed by atoms with Gasteiger partial charge >= 0.3 is 0 Å². The van der Waals surface area contributed by atoms with E-state index in [1.807, 2.05) is 31.1 Å². The molecule has 0 N–H and O–H groups in total. The van der Waals surface area contributed by atoms with Gasteiger partial charge in [-0.3, -0.25) is 0 Å². The third-order valence-electron chi connectivity index (χ3n) is 2.71. The molecule has 0 aliphatic rings. The number of anilines is 1. The zero-order valence-corrected chi connectivity index (χ0v) is 11.1. The van der Waals surface area contributed by atoms with E-state index in [9.17, 15) is 0 Å². The highest BCUT2D eigenvalue weighted by Gasteiger charge is 1.99. The number of pyridine rings is 1. The molecule has 3 heteroatoms. The molecule has 0 saturated heterocycles. The Kier molecular flexibility index (Phi) is 3.82. The summed E-state index contributed by atoms with van der Waals surface area (Å²) in [6.45, 7) is 2.65. The van der Waals surface area contributed by atoms with Crippen LogP contribution >= 0.6 is 0 Å². The first-order chi connectivity index (χ1) is 8.65. The van der Waals surface area contributed by atoms with Crippen molar-refractivity contribution in [3.63, 3.8) is 0 Å². The zero-order valence-electron chi connectivity index (χ0n) is 11.1. The summed E-state index contributed by atoms with van der Waals surface area (Å²) in [6, 6.07) is 12.2. The molecule has 0 saturated carbocycles. The maximum Gasteiger partial charge on any atom is 0.138 e. The van der Waals surface area contributed by atoms with Crippen LogP contribution < -0.4 is 9.64 Å². The highest BCUT2D eigenvalue weighted by atomic mass is 16.5. The van der Waals surface area contributed by atoms with E-state index in [-0.39, 0.29) is 0 Å². The maximum atomic E-state index is 5.69. The summed E-state index contributed by atoms with van der Waals surface area (Å²) in [7, 11) is 3.93. The molecule has 2 rings (SSSR count). The third-order valence-corrected chi connectivity index (χ3v) is 2.71. The second kappa shape index (κ2) is 5.54. The minimum absolute atomic E-state index is 0.573. The van der Waals surface area contributed by atoms with Crippen LogP contribution in [-0.2, 0) is 6.61 Å². The van der Waals surface area contributed by atoms with Gasteiger partial charge in [0.15, 0.2) is 0 Å². The fourth-order valence-corrected chi connectivity index (χ4v) is 1.57. The molecule has 94 valence electrons. The fraction of sp³-hybridized carbons (Fsp3) is 0.267. The summed E-state index contributed by atoms with van der Waals surface area (Å²) in [5.41, 5.74) is 2.42. The molecule has 2 aromatic rings. The summed E-state index contributed by atoms with van der Waals surface area (Å²) >= 11 is 0. The SMILES string of the molecule is Cc1ccc(COc2ccc(N(C)C)nc2)cc1. The van der Waals surface area contributed by atoms with E-state index < -0.39 is 0 Å². The van der Waals surface area contributed by atoms with E-state index in [1.165, 1.54) is 5.56 Å². The molecular formula is C15H18N2O. The third kappa shape index (κ3) is 3.23. The first-order valence-corrected chi connectivity index (χ1v) is 5.97. The normalized spacial score (nSPS) is 10.2. The summed E-state index contributed by atoms with van der Waals surface area (Å²) in [5, 5.41) is 0. The lowest BCUT2D eigenvalue weighted by Gasteiger charge is -2.11. The van der Waals surface area contributed by atoms with Crippen molar-refractivity contribution in [2.45, 2.75) is 13.5 Å². The number of ether oxygens (including phenoxy) is 1. The maximum absolute atomic E-state index is 5.69. The fourth-order valence-electron chi connectivity index (χ4n) is 1.57. The monoisotopic (exact) mass is 242 g/mol. The van der Waals surface area contributed by atoms with Crippen LogP contribution in [0.3, 0.4) is 0 Å². The smallest absolute Gasteiger partial charge is 0.138 e. The molecule has 0 radical (unpaired) electrons. The van der Waals surface area contributed by atoms with Gasteiger partial charge in [-0.2, -0.15) is 0 Å². The van der Waals surface area contributed by atoms with Gasteiger partial charge in [0.25, 0.3) is 0 Å². The van der Waals surface area contributed by atoms with Gasteiger partial charge in [-0.1, -0.05) is 29.8 Å². The summed E-state index contributed by atoms with van der Waals surface area (Å²) in [6.07, 6.45) is 1.75. The molecule has 0 unspecified atom stereocenters. The lowest BCUT2D eigenvalue weighted by molar-refractivity contribution is 0.305. The first kappa shape index (κ1) is 12.4. The standard InChI is InChI=1S/C15H18N2O/c1-12-4-6-13(7-5-12)11-18-14-8-9-15(16-10-14)17(2)3/h4-10H,11H2,1-3H3. The van der Waals surface area contributed by atoms with Crippen LogP contribution in [0.2, 0.25) is 0 Å². The van der Waals surface area contributed by atoms with Gasteiger partial charge in [0.2, 0.25) is 0 Å². The Hall–Kier alpha value is -2.03. The van der Waals surface area contributed by atoms with Crippen LogP contribution in [0.1, 0.15) is 11.1 Å². The van der Waals surface area contributed by atoms with Crippen LogP contribution in [0.15, 0.2) is 42.6 Å². The molecule has 0 fully saturated rings. The molecule has 1 aromatic heterocycles. The highest BCUT2D eigenvalue weighted by Crippen LogP contribution is 2.15. The van der Waals surface area contributed by atoms with Gasteiger partial charge < -0.3 is 9.64 Å². The number of benzene rings is 1. The van der Waals surface area contributed by atoms with Crippen molar-refractivity contribution in [2.24, 2.45) is 0 Å². The topological polar surface area (TPSA) is 25.4 Å². The lowest BCUT2D eigenvalue weighted by atomic mass is 10.2. The van der Waals surface area contributed by atoms with Crippen molar-refractivity contribution in [3.8, 4) is 5.75 Å². The van der Waals surface area contributed by atoms with Crippen LogP contribution in [0.4, 0.5) is 5.82 Å². The van der Waals surface area contributed by atoms with Crippen molar-refractivity contribution in [3.05, 3.63) is 53.7 Å². The van der Waals surface area contributed by atoms with Crippen molar-refractivity contribution >= 4 is 5.82 Å². The summed E-state index contributed by atoms with van der Waals surface area (Å²) < 4.78 is 5.69. The number of rotatable bonds is 4. The van der Waals surface area contributed by atoms with E-state index in [0.717, 1.165) is 17.1 Å². The number of hydrogen-bond donors (Lipinski definition) is 0. The van der Waals surface area contributed by atoms with Crippen molar-refractivity contribution in [1.82, 2.24) is 4.98 Å². The largest absolute Gasteiger partial charge is 0.487 e. The predicted octanol–water partition coefficient (Wildman–Crippen LogP) is 3.04. The number of aryl methyl sites for hydroxylation is 1. The molecule has 18 heavy (non-hydrogen) atoms. The van der Waals surface area contributed by atoms with Crippen LogP contribution in [-0.4, -0.2) is 19.1 Å². The quantitative estimate of drug-likeness (QED) is 0.824. The Bertz CT molecular complexity index is 489. The Balaban J connectivity index is 1.95. The molecule has 0 aliphatic carbocycles.